The third kappa shape index (κ3) is 4.73. The van der Waals surface area contributed by atoms with Crippen molar-refractivity contribution in [2.45, 2.75) is 13.8 Å². The number of halogens is 1. The molecule has 6 nitrogen and oxygen atoms in total. The first-order valence-corrected chi connectivity index (χ1v) is 9.03. The average molecular weight is 464 g/mol. The number of benzene rings is 2. The molecule has 2 aromatic carbocycles. The van der Waals surface area contributed by atoms with E-state index in [-0.39, 0.29) is 5.69 Å². The van der Waals surface area contributed by atoms with Crippen molar-refractivity contribution >= 4 is 39.9 Å². The van der Waals surface area contributed by atoms with Gasteiger partial charge in [-0.2, -0.15) is 5.26 Å². The first kappa shape index (κ1) is 19.7. The lowest BCUT2D eigenvalue weighted by Crippen LogP contribution is -2.00. The molecule has 26 heavy (non-hydrogen) atoms. The summed E-state index contributed by atoms with van der Waals surface area (Å²) in [6, 6.07) is 11.8. The Labute approximate surface area is 165 Å². The number of nitriles is 1. The summed E-state index contributed by atoms with van der Waals surface area (Å²) >= 11 is 2.16. The van der Waals surface area contributed by atoms with E-state index >= 15 is 0 Å². The minimum atomic E-state index is -0.481. The fourth-order valence-electron chi connectivity index (χ4n) is 2.35. The molecule has 0 fully saturated rings. The lowest BCUT2D eigenvalue weighted by atomic mass is 10.0. The van der Waals surface area contributed by atoms with Crippen molar-refractivity contribution in [2.75, 3.05) is 13.2 Å². The summed E-state index contributed by atoms with van der Waals surface area (Å²) in [6.45, 7) is 4.78. The van der Waals surface area contributed by atoms with Crippen molar-refractivity contribution in [2.24, 2.45) is 0 Å². The number of nitro groups is 1. The maximum absolute atomic E-state index is 11.0. The number of rotatable bonds is 7. The molecule has 0 aliphatic heterocycles. The maximum atomic E-state index is 11.0. The van der Waals surface area contributed by atoms with Crippen molar-refractivity contribution in [1.82, 2.24) is 0 Å². The summed E-state index contributed by atoms with van der Waals surface area (Å²) in [5.41, 5.74) is 1.52. The van der Waals surface area contributed by atoms with Crippen LogP contribution >= 0.6 is 22.6 Å². The molecule has 0 aliphatic carbocycles. The molecule has 2 aromatic rings. The lowest BCUT2D eigenvalue weighted by molar-refractivity contribution is -0.384. The minimum absolute atomic E-state index is 0.0556. The molecule has 0 aromatic heterocycles. The van der Waals surface area contributed by atoms with E-state index in [2.05, 4.69) is 28.7 Å². The molecule has 0 bridgehead atoms. The molecule has 0 heterocycles. The highest BCUT2D eigenvalue weighted by atomic mass is 127. The number of nitro benzene ring substituents is 1. The Hall–Kier alpha value is -2.60. The van der Waals surface area contributed by atoms with Gasteiger partial charge in [0, 0.05) is 12.1 Å². The second-order valence-electron chi connectivity index (χ2n) is 5.17. The van der Waals surface area contributed by atoms with Gasteiger partial charge in [-0.1, -0.05) is 12.1 Å². The first-order chi connectivity index (χ1) is 12.5. The summed E-state index contributed by atoms with van der Waals surface area (Å²) in [5, 5.41) is 20.5. The predicted octanol–water partition coefficient (Wildman–Crippen LogP) is 5.06. The van der Waals surface area contributed by atoms with Gasteiger partial charge in [0.25, 0.3) is 5.69 Å². The largest absolute Gasteiger partial charge is 0.490 e. The second kappa shape index (κ2) is 9.20. The molecule has 0 radical (unpaired) electrons. The fourth-order valence-corrected chi connectivity index (χ4v) is 3.13. The molecule has 0 saturated carbocycles. The molecule has 7 heteroatoms. The van der Waals surface area contributed by atoms with Gasteiger partial charge in [0.15, 0.2) is 11.5 Å². The van der Waals surface area contributed by atoms with Crippen LogP contribution in [0.15, 0.2) is 36.4 Å². The summed E-state index contributed by atoms with van der Waals surface area (Å²) in [5.74, 6) is 1.27. The van der Waals surface area contributed by atoms with Crippen LogP contribution in [0.5, 0.6) is 11.5 Å². The standard InChI is InChI=1S/C19H17IN2O4/c1-3-25-18-10-13(9-17(20)19(18)26-4-2)8-15(12-21)14-6-5-7-16(11-14)22(23)24/h5-11H,3-4H2,1-2H3. The highest BCUT2D eigenvalue weighted by molar-refractivity contribution is 14.1. The van der Waals surface area contributed by atoms with Crippen LogP contribution in [0.2, 0.25) is 0 Å². The van der Waals surface area contributed by atoms with Crippen molar-refractivity contribution in [3.05, 3.63) is 61.2 Å². The molecule has 0 atom stereocenters. The Morgan fingerprint density at radius 1 is 1.27 bits per heavy atom. The number of hydrogen-bond acceptors (Lipinski definition) is 5. The zero-order valence-electron chi connectivity index (χ0n) is 14.4. The molecule has 0 N–H and O–H groups in total. The number of non-ortho nitro benzene ring substituents is 1. The van der Waals surface area contributed by atoms with Gasteiger partial charge >= 0.3 is 0 Å². The number of allylic oxidation sites excluding steroid dienone is 1. The normalized spacial score (nSPS) is 10.9. The van der Waals surface area contributed by atoms with Crippen LogP contribution in [-0.2, 0) is 0 Å². The average Bonchev–Trinajstić information content (AvgIpc) is 2.63. The van der Waals surface area contributed by atoms with Gasteiger partial charge in [0.1, 0.15) is 0 Å². The Morgan fingerprint density at radius 2 is 2.00 bits per heavy atom. The van der Waals surface area contributed by atoms with Crippen LogP contribution < -0.4 is 9.47 Å². The van der Waals surface area contributed by atoms with Gasteiger partial charge in [-0.25, -0.2) is 0 Å². The van der Waals surface area contributed by atoms with Crippen LogP contribution in [0.25, 0.3) is 11.6 Å². The van der Waals surface area contributed by atoms with Crippen LogP contribution in [0.1, 0.15) is 25.0 Å². The summed E-state index contributed by atoms with van der Waals surface area (Å²) < 4.78 is 12.2. The third-order valence-electron chi connectivity index (χ3n) is 3.42. The molecule has 0 unspecified atom stereocenters. The van der Waals surface area contributed by atoms with Crippen molar-refractivity contribution in [1.29, 1.82) is 5.26 Å². The molecule has 0 aliphatic rings. The van der Waals surface area contributed by atoms with E-state index in [4.69, 9.17) is 9.47 Å². The Morgan fingerprint density at radius 3 is 2.62 bits per heavy atom. The van der Waals surface area contributed by atoms with Gasteiger partial charge in [0.05, 0.1) is 33.3 Å². The van der Waals surface area contributed by atoms with E-state index in [9.17, 15) is 15.4 Å². The van der Waals surface area contributed by atoms with E-state index in [1.54, 1.807) is 24.3 Å². The zero-order valence-corrected chi connectivity index (χ0v) is 16.5. The molecular formula is C19H17IN2O4. The van der Waals surface area contributed by atoms with Crippen molar-refractivity contribution < 1.29 is 14.4 Å². The number of ether oxygens (including phenoxy) is 2. The van der Waals surface area contributed by atoms with E-state index in [0.717, 1.165) is 9.13 Å². The van der Waals surface area contributed by atoms with Gasteiger partial charge in [-0.3, -0.25) is 10.1 Å². The van der Waals surface area contributed by atoms with Crippen LogP contribution in [0.4, 0.5) is 5.69 Å². The minimum Gasteiger partial charge on any atom is -0.490 e. The number of hydrogen-bond donors (Lipinski definition) is 0. The maximum Gasteiger partial charge on any atom is 0.270 e. The topological polar surface area (TPSA) is 85.4 Å². The lowest BCUT2D eigenvalue weighted by Gasteiger charge is -2.13. The summed E-state index contributed by atoms with van der Waals surface area (Å²) in [6.07, 6.45) is 1.68. The van der Waals surface area contributed by atoms with Crippen molar-refractivity contribution in [3.8, 4) is 17.6 Å². The van der Waals surface area contributed by atoms with E-state index in [1.807, 2.05) is 19.9 Å². The Kier molecular flexibility index (Phi) is 6.97. The van der Waals surface area contributed by atoms with Crippen molar-refractivity contribution in [3.63, 3.8) is 0 Å². The van der Waals surface area contributed by atoms with E-state index in [1.165, 1.54) is 12.1 Å². The van der Waals surface area contributed by atoms with Crippen LogP contribution in [0.3, 0.4) is 0 Å². The third-order valence-corrected chi connectivity index (χ3v) is 4.22. The van der Waals surface area contributed by atoms with E-state index < -0.39 is 4.92 Å². The molecule has 134 valence electrons. The molecule has 2 rings (SSSR count). The summed E-state index contributed by atoms with van der Waals surface area (Å²) in [4.78, 5) is 10.5. The predicted molar refractivity (Wildman–Crippen MR) is 108 cm³/mol. The molecule has 0 amide bonds. The molecular weight excluding hydrogens is 447 g/mol. The number of nitrogens with zero attached hydrogens (tertiary/aromatic N) is 2. The highest BCUT2D eigenvalue weighted by Crippen LogP contribution is 2.35. The van der Waals surface area contributed by atoms with E-state index in [0.29, 0.717) is 35.8 Å². The quantitative estimate of drug-likeness (QED) is 0.188. The van der Waals surface area contributed by atoms with Crippen LogP contribution in [0, 0.1) is 25.0 Å². The van der Waals surface area contributed by atoms with Gasteiger partial charge < -0.3 is 9.47 Å². The highest BCUT2D eigenvalue weighted by Gasteiger charge is 2.13. The Bertz CT molecular complexity index is 888. The fraction of sp³-hybridized carbons (Fsp3) is 0.211. The second-order valence-corrected chi connectivity index (χ2v) is 6.34. The van der Waals surface area contributed by atoms with Gasteiger partial charge in [-0.05, 0) is 65.8 Å². The Balaban J connectivity index is 2.50. The monoisotopic (exact) mass is 464 g/mol. The zero-order chi connectivity index (χ0) is 19.1. The van der Waals surface area contributed by atoms with Crippen LogP contribution in [-0.4, -0.2) is 18.1 Å². The molecule has 0 saturated heterocycles. The first-order valence-electron chi connectivity index (χ1n) is 7.95. The van der Waals surface area contributed by atoms with Gasteiger partial charge in [0.2, 0.25) is 0 Å². The molecule has 0 spiro atoms. The SMILES string of the molecule is CCOc1cc(C=C(C#N)c2cccc([N+](=O)[O-])c2)cc(I)c1OCC. The smallest absolute Gasteiger partial charge is 0.270 e. The summed E-state index contributed by atoms with van der Waals surface area (Å²) in [7, 11) is 0. The van der Waals surface area contributed by atoms with Gasteiger partial charge in [-0.15, -0.1) is 0 Å².